The molecule has 0 saturated carbocycles. The molecule has 0 saturated heterocycles. The molecule has 3 N–H and O–H groups in total. The number of fused-ring (bicyclic) bond motifs is 1. The van der Waals surface area contributed by atoms with E-state index in [0.29, 0.717) is 18.8 Å². The Kier molecular flexibility index (Phi) is 4.76. The Hall–Kier alpha value is -1.52. The normalized spacial score (nSPS) is 10.2. The van der Waals surface area contributed by atoms with Crippen LogP contribution in [0, 0.1) is 13.8 Å². The molecule has 0 atom stereocenters. The van der Waals surface area contributed by atoms with E-state index in [2.05, 4.69) is 5.32 Å². The zero-order valence-corrected chi connectivity index (χ0v) is 11.3. The monoisotopic (exact) mass is 268 g/mol. The van der Waals surface area contributed by atoms with Crippen LogP contribution in [0.15, 0.2) is 22.6 Å². The molecule has 2 rings (SSSR count). The molecular formula is C13H17ClN2O2. The fraction of sp³-hybridized carbons (Fsp3) is 0.308. The summed E-state index contributed by atoms with van der Waals surface area (Å²) in [6.45, 7) is 4.93. The Morgan fingerprint density at radius 2 is 1.94 bits per heavy atom. The quantitative estimate of drug-likeness (QED) is 0.896. The van der Waals surface area contributed by atoms with E-state index in [1.54, 1.807) is 6.07 Å². The van der Waals surface area contributed by atoms with Crippen LogP contribution in [0.25, 0.3) is 11.0 Å². The van der Waals surface area contributed by atoms with Gasteiger partial charge in [0.25, 0.3) is 5.91 Å². The van der Waals surface area contributed by atoms with Crippen molar-refractivity contribution in [1.29, 1.82) is 0 Å². The minimum absolute atomic E-state index is 0. The number of nitrogens with two attached hydrogens (primary N) is 1. The number of halogens is 1. The maximum Gasteiger partial charge on any atom is 0.287 e. The molecule has 1 aromatic heterocycles. The van der Waals surface area contributed by atoms with Crippen LogP contribution in [0.1, 0.15) is 21.7 Å². The summed E-state index contributed by atoms with van der Waals surface area (Å²) in [5.41, 5.74) is 8.41. The average molecular weight is 269 g/mol. The highest BCUT2D eigenvalue weighted by Gasteiger charge is 2.12. The number of nitrogens with one attached hydrogen (secondary N) is 1. The zero-order valence-electron chi connectivity index (χ0n) is 10.4. The summed E-state index contributed by atoms with van der Waals surface area (Å²) < 4.78 is 5.51. The number of hydrogen-bond donors (Lipinski definition) is 2. The lowest BCUT2D eigenvalue weighted by molar-refractivity contribution is 0.0929. The van der Waals surface area contributed by atoms with Gasteiger partial charge in [-0.3, -0.25) is 4.79 Å². The van der Waals surface area contributed by atoms with E-state index >= 15 is 0 Å². The molecule has 0 radical (unpaired) electrons. The van der Waals surface area contributed by atoms with Crippen LogP contribution >= 0.6 is 12.4 Å². The van der Waals surface area contributed by atoms with Crippen LogP contribution in [0.3, 0.4) is 0 Å². The van der Waals surface area contributed by atoms with Crippen LogP contribution in [0.4, 0.5) is 0 Å². The third-order valence-electron chi connectivity index (χ3n) is 2.79. The van der Waals surface area contributed by atoms with Crippen molar-refractivity contribution >= 4 is 29.3 Å². The highest BCUT2D eigenvalue weighted by atomic mass is 35.5. The first-order chi connectivity index (χ1) is 8.11. The number of rotatable bonds is 3. The first-order valence-corrected chi connectivity index (χ1v) is 5.61. The van der Waals surface area contributed by atoms with Crippen molar-refractivity contribution in [2.75, 3.05) is 13.1 Å². The first-order valence-electron chi connectivity index (χ1n) is 5.61. The highest BCUT2D eigenvalue weighted by molar-refractivity contribution is 5.96. The summed E-state index contributed by atoms with van der Waals surface area (Å²) in [6.07, 6.45) is 0. The van der Waals surface area contributed by atoms with Crippen LogP contribution in [-0.4, -0.2) is 19.0 Å². The second kappa shape index (κ2) is 5.89. The number of amides is 1. The minimum atomic E-state index is -0.220. The summed E-state index contributed by atoms with van der Waals surface area (Å²) in [4.78, 5) is 11.7. The molecule has 98 valence electrons. The summed E-state index contributed by atoms with van der Waals surface area (Å²) >= 11 is 0. The van der Waals surface area contributed by atoms with Crippen LogP contribution in [0.5, 0.6) is 0 Å². The largest absolute Gasteiger partial charge is 0.451 e. The molecule has 2 aromatic rings. The van der Waals surface area contributed by atoms with E-state index in [1.165, 1.54) is 5.56 Å². The lowest BCUT2D eigenvalue weighted by Gasteiger charge is -1.98. The number of carbonyl (C=O) groups is 1. The smallest absolute Gasteiger partial charge is 0.287 e. The van der Waals surface area contributed by atoms with E-state index in [-0.39, 0.29) is 18.3 Å². The lowest BCUT2D eigenvalue weighted by Crippen LogP contribution is -2.28. The fourth-order valence-electron chi connectivity index (χ4n) is 1.69. The standard InChI is InChI=1S/C13H16N2O2.ClH/c1-8-5-10-7-12(13(16)15-4-3-14)17-11(10)6-9(8)2;/h5-7H,3-4,14H2,1-2H3,(H,15,16);1H. The molecule has 1 heterocycles. The number of carbonyl (C=O) groups excluding carboxylic acids is 1. The van der Waals surface area contributed by atoms with Crippen LogP contribution < -0.4 is 11.1 Å². The van der Waals surface area contributed by atoms with Gasteiger partial charge in [-0.1, -0.05) is 0 Å². The van der Waals surface area contributed by atoms with E-state index in [1.807, 2.05) is 26.0 Å². The minimum Gasteiger partial charge on any atom is -0.451 e. The first kappa shape index (κ1) is 14.5. The average Bonchev–Trinajstić information content (AvgIpc) is 2.69. The van der Waals surface area contributed by atoms with Gasteiger partial charge in [0, 0.05) is 18.5 Å². The van der Waals surface area contributed by atoms with Crippen molar-refractivity contribution in [1.82, 2.24) is 5.32 Å². The maximum absolute atomic E-state index is 11.7. The predicted molar refractivity (Wildman–Crippen MR) is 74.3 cm³/mol. The third kappa shape index (κ3) is 2.83. The van der Waals surface area contributed by atoms with E-state index in [4.69, 9.17) is 10.2 Å². The van der Waals surface area contributed by atoms with E-state index in [9.17, 15) is 4.79 Å². The molecule has 0 fully saturated rings. The van der Waals surface area contributed by atoms with Crippen molar-refractivity contribution in [2.45, 2.75) is 13.8 Å². The van der Waals surface area contributed by atoms with Gasteiger partial charge in [-0.2, -0.15) is 0 Å². The fourth-order valence-corrected chi connectivity index (χ4v) is 1.69. The number of hydrogen-bond acceptors (Lipinski definition) is 3. The predicted octanol–water partition coefficient (Wildman–Crippen LogP) is 2.16. The maximum atomic E-state index is 11.7. The summed E-state index contributed by atoms with van der Waals surface area (Å²) in [6, 6.07) is 5.73. The summed E-state index contributed by atoms with van der Waals surface area (Å²) in [5.74, 6) is 0.111. The number of furan rings is 1. The van der Waals surface area contributed by atoms with Crippen molar-refractivity contribution in [3.05, 3.63) is 35.1 Å². The van der Waals surface area contributed by atoms with Crippen LogP contribution in [-0.2, 0) is 0 Å². The Morgan fingerprint density at radius 1 is 1.28 bits per heavy atom. The van der Waals surface area contributed by atoms with Gasteiger partial charge in [0.15, 0.2) is 5.76 Å². The van der Waals surface area contributed by atoms with Crippen LogP contribution in [0.2, 0.25) is 0 Å². The van der Waals surface area contributed by atoms with Gasteiger partial charge in [0.05, 0.1) is 0 Å². The van der Waals surface area contributed by atoms with E-state index in [0.717, 1.165) is 16.5 Å². The SMILES string of the molecule is Cc1cc2cc(C(=O)NCCN)oc2cc1C.Cl. The second-order valence-electron chi connectivity index (χ2n) is 4.13. The third-order valence-corrected chi connectivity index (χ3v) is 2.79. The zero-order chi connectivity index (χ0) is 12.4. The van der Waals surface area contributed by atoms with Gasteiger partial charge >= 0.3 is 0 Å². The molecule has 0 unspecified atom stereocenters. The summed E-state index contributed by atoms with van der Waals surface area (Å²) in [5, 5.41) is 3.63. The van der Waals surface area contributed by atoms with Crippen molar-refractivity contribution in [3.63, 3.8) is 0 Å². The molecular weight excluding hydrogens is 252 g/mol. The molecule has 5 heteroatoms. The van der Waals surface area contributed by atoms with E-state index < -0.39 is 0 Å². The topological polar surface area (TPSA) is 68.3 Å². The van der Waals surface area contributed by atoms with Crippen molar-refractivity contribution in [2.24, 2.45) is 5.73 Å². The van der Waals surface area contributed by atoms with Gasteiger partial charge in [0.2, 0.25) is 0 Å². The second-order valence-corrected chi connectivity index (χ2v) is 4.13. The molecule has 1 aromatic carbocycles. The molecule has 0 spiro atoms. The molecule has 0 aliphatic heterocycles. The van der Waals surface area contributed by atoms with Gasteiger partial charge in [-0.15, -0.1) is 12.4 Å². The lowest BCUT2D eigenvalue weighted by atomic mass is 10.1. The molecule has 0 aliphatic rings. The van der Waals surface area contributed by atoms with Crippen molar-refractivity contribution < 1.29 is 9.21 Å². The highest BCUT2D eigenvalue weighted by Crippen LogP contribution is 2.23. The summed E-state index contributed by atoms with van der Waals surface area (Å²) in [7, 11) is 0. The number of benzene rings is 1. The molecule has 0 bridgehead atoms. The van der Waals surface area contributed by atoms with Gasteiger partial charge in [0.1, 0.15) is 5.58 Å². The Morgan fingerprint density at radius 3 is 2.61 bits per heavy atom. The molecule has 0 aliphatic carbocycles. The van der Waals surface area contributed by atoms with Gasteiger partial charge in [-0.25, -0.2) is 0 Å². The Balaban J connectivity index is 0.00000162. The van der Waals surface area contributed by atoms with Gasteiger partial charge in [-0.05, 0) is 43.2 Å². The van der Waals surface area contributed by atoms with Crippen molar-refractivity contribution in [3.8, 4) is 0 Å². The Bertz CT molecular complexity index is 524. The molecule has 18 heavy (non-hydrogen) atoms. The Labute approximate surface area is 112 Å². The molecule has 4 nitrogen and oxygen atoms in total. The molecule has 1 amide bonds. The van der Waals surface area contributed by atoms with Gasteiger partial charge < -0.3 is 15.5 Å². The number of aryl methyl sites for hydroxylation is 2.